The number of pyridine rings is 1. The van der Waals surface area contributed by atoms with Crippen LogP contribution in [0.1, 0.15) is 12.8 Å². The van der Waals surface area contributed by atoms with Crippen molar-refractivity contribution >= 4 is 11.6 Å². The SMILES string of the molecule is C[C@@H]1Oc2ccccc2N(CCc2nc(-c3ccccn3)no2)C1=O. The molecule has 3 aromatic rings. The summed E-state index contributed by atoms with van der Waals surface area (Å²) in [5.74, 6) is 1.53. The molecule has 3 heterocycles. The van der Waals surface area contributed by atoms with E-state index in [1.807, 2.05) is 42.5 Å². The van der Waals surface area contributed by atoms with Gasteiger partial charge in [0, 0.05) is 19.2 Å². The van der Waals surface area contributed by atoms with Crippen LogP contribution in [0.25, 0.3) is 11.5 Å². The Labute approximate surface area is 144 Å². The third-order valence-electron chi connectivity index (χ3n) is 3.98. The smallest absolute Gasteiger partial charge is 0.267 e. The molecule has 0 fully saturated rings. The van der Waals surface area contributed by atoms with Crippen molar-refractivity contribution in [2.75, 3.05) is 11.4 Å². The predicted molar refractivity (Wildman–Crippen MR) is 90.1 cm³/mol. The van der Waals surface area contributed by atoms with Crippen LogP contribution in [0.5, 0.6) is 5.75 Å². The fraction of sp³-hybridized carbons (Fsp3) is 0.222. The lowest BCUT2D eigenvalue weighted by atomic mass is 10.2. The first-order chi connectivity index (χ1) is 12.2. The standard InChI is InChI=1S/C18H16N4O3/c1-12-18(23)22(14-7-2-3-8-15(14)24-12)11-9-16-20-17(21-25-16)13-6-4-5-10-19-13/h2-8,10,12H,9,11H2,1H3/t12-/m0/s1. The van der Waals surface area contributed by atoms with Gasteiger partial charge in [-0.25, -0.2) is 0 Å². The van der Waals surface area contributed by atoms with E-state index in [9.17, 15) is 4.79 Å². The lowest BCUT2D eigenvalue weighted by Gasteiger charge is -2.32. The minimum atomic E-state index is -0.512. The van der Waals surface area contributed by atoms with Crippen molar-refractivity contribution in [2.45, 2.75) is 19.4 Å². The van der Waals surface area contributed by atoms with E-state index in [-0.39, 0.29) is 5.91 Å². The van der Waals surface area contributed by atoms with Crippen LogP contribution in [0.15, 0.2) is 53.2 Å². The summed E-state index contributed by atoms with van der Waals surface area (Å²) in [6.45, 7) is 2.19. The maximum Gasteiger partial charge on any atom is 0.267 e. The Balaban J connectivity index is 1.52. The maximum absolute atomic E-state index is 12.5. The van der Waals surface area contributed by atoms with Gasteiger partial charge in [-0.1, -0.05) is 23.4 Å². The highest BCUT2D eigenvalue weighted by Crippen LogP contribution is 2.33. The molecule has 1 atom stereocenters. The van der Waals surface area contributed by atoms with Crippen molar-refractivity contribution in [1.82, 2.24) is 15.1 Å². The summed E-state index contributed by atoms with van der Waals surface area (Å²) in [6.07, 6.45) is 1.62. The first kappa shape index (κ1) is 15.3. The van der Waals surface area contributed by atoms with Crippen molar-refractivity contribution in [1.29, 1.82) is 0 Å². The van der Waals surface area contributed by atoms with Crippen molar-refractivity contribution in [2.24, 2.45) is 0 Å². The van der Waals surface area contributed by atoms with Gasteiger partial charge in [-0.2, -0.15) is 4.98 Å². The quantitative estimate of drug-likeness (QED) is 0.728. The van der Waals surface area contributed by atoms with E-state index < -0.39 is 6.10 Å². The molecule has 126 valence electrons. The number of nitrogens with zero attached hydrogens (tertiary/aromatic N) is 4. The van der Waals surface area contributed by atoms with E-state index in [0.29, 0.717) is 36.1 Å². The molecule has 1 aromatic carbocycles. The molecule has 25 heavy (non-hydrogen) atoms. The maximum atomic E-state index is 12.5. The molecule has 1 aliphatic rings. The van der Waals surface area contributed by atoms with Gasteiger partial charge in [0.2, 0.25) is 11.7 Å². The molecule has 0 saturated carbocycles. The van der Waals surface area contributed by atoms with Crippen molar-refractivity contribution in [3.05, 3.63) is 54.6 Å². The monoisotopic (exact) mass is 336 g/mol. The van der Waals surface area contributed by atoms with Crippen LogP contribution >= 0.6 is 0 Å². The number of benzene rings is 1. The summed E-state index contributed by atoms with van der Waals surface area (Å²) < 4.78 is 10.9. The summed E-state index contributed by atoms with van der Waals surface area (Å²) >= 11 is 0. The van der Waals surface area contributed by atoms with Crippen LogP contribution < -0.4 is 9.64 Å². The van der Waals surface area contributed by atoms with Gasteiger partial charge in [0.15, 0.2) is 6.10 Å². The second kappa shape index (κ2) is 6.35. The molecule has 7 heteroatoms. The molecular weight excluding hydrogens is 320 g/mol. The molecule has 2 aromatic heterocycles. The molecule has 0 radical (unpaired) electrons. The largest absolute Gasteiger partial charge is 0.479 e. The number of aromatic nitrogens is 3. The zero-order valence-corrected chi connectivity index (χ0v) is 13.6. The zero-order valence-electron chi connectivity index (χ0n) is 13.6. The number of hydrogen-bond donors (Lipinski definition) is 0. The average Bonchev–Trinajstić information content (AvgIpc) is 3.12. The molecule has 0 aliphatic carbocycles. The van der Waals surface area contributed by atoms with E-state index in [1.165, 1.54) is 0 Å². The number of carbonyl (C=O) groups excluding carboxylic acids is 1. The lowest BCUT2D eigenvalue weighted by Crippen LogP contribution is -2.45. The molecule has 7 nitrogen and oxygen atoms in total. The summed E-state index contributed by atoms with van der Waals surface area (Å²) in [7, 11) is 0. The average molecular weight is 336 g/mol. The number of rotatable bonds is 4. The van der Waals surface area contributed by atoms with Gasteiger partial charge in [0.05, 0.1) is 5.69 Å². The summed E-state index contributed by atoms with van der Waals surface area (Å²) in [6, 6.07) is 13.0. The highest BCUT2D eigenvalue weighted by molar-refractivity contribution is 5.99. The number of hydrogen-bond acceptors (Lipinski definition) is 6. The number of fused-ring (bicyclic) bond motifs is 1. The third-order valence-corrected chi connectivity index (χ3v) is 3.98. The zero-order chi connectivity index (χ0) is 17.2. The van der Waals surface area contributed by atoms with Crippen LogP contribution in [-0.4, -0.2) is 33.7 Å². The Bertz CT molecular complexity index is 894. The van der Waals surface area contributed by atoms with Gasteiger partial charge in [-0.15, -0.1) is 0 Å². The van der Waals surface area contributed by atoms with Gasteiger partial charge >= 0.3 is 0 Å². The molecule has 0 saturated heterocycles. The molecule has 1 amide bonds. The van der Waals surface area contributed by atoms with Crippen LogP contribution in [0.4, 0.5) is 5.69 Å². The van der Waals surface area contributed by atoms with Crippen molar-refractivity contribution in [3.63, 3.8) is 0 Å². The summed E-state index contributed by atoms with van der Waals surface area (Å²) in [5.41, 5.74) is 1.41. The number of para-hydroxylation sites is 2. The number of amides is 1. The number of ether oxygens (including phenoxy) is 1. The first-order valence-corrected chi connectivity index (χ1v) is 8.03. The van der Waals surface area contributed by atoms with Gasteiger partial charge < -0.3 is 14.2 Å². The normalized spacial score (nSPS) is 16.4. The number of anilines is 1. The highest BCUT2D eigenvalue weighted by Gasteiger charge is 2.31. The van der Waals surface area contributed by atoms with Gasteiger partial charge in [0.1, 0.15) is 11.4 Å². The Hall–Kier alpha value is -3.22. The van der Waals surface area contributed by atoms with E-state index in [4.69, 9.17) is 9.26 Å². The van der Waals surface area contributed by atoms with E-state index >= 15 is 0 Å². The topological polar surface area (TPSA) is 81.3 Å². The van der Waals surface area contributed by atoms with E-state index in [0.717, 1.165) is 5.69 Å². The molecule has 0 unspecified atom stereocenters. The second-order valence-electron chi connectivity index (χ2n) is 5.69. The minimum absolute atomic E-state index is 0.0804. The van der Waals surface area contributed by atoms with Crippen LogP contribution in [0.3, 0.4) is 0 Å². The van der Waals surface area contributed by atoms with Gasteiger partial charge in [-0.3, -0.25) is 9.78 Å². The van der Waals surface area contributed by atoms with Gasteiger partial charge in [-0.05, 0) is 31.2 Å². The first-order valence-electron chi connectivity index (χ1n) is 8.03. The van der Waals surface area contributed by atoms with Crippen molar-refractivity contribution in [3.8, 4) is 17.3 Å². The fourth-order valence-electron chi connectivity index (χ4n) is 2.75. The Morgan fingerprint density at radius 1 is 1.16 bits per heavy atom. The Morgan fingerprint density at radius 3 is 2.84 bits per heavy atom. The number of carbonyl (C=O) groups is 1. The fourth-order valence-corrected chi connectivity index (χ4v) is 2.75. The lowest BCUT2D eigenvalue weighted by molar-refractivity contribution is -0.125. The van der Waals surface area contributed by atoms with Gasteiger partial charge in [0.25, 0.3) is 5.91 Å². The van der Waals surface area contributed by atoms with Crippen LogP contribution in [-0.2, 0) is 11.2 Å². The Kier molecular flexibility index (Phi) is 3.89. The summed E-state index contributed by atoms with van der Waals surface area (Å²) in [4.78, 5) is 22.7. The molecular formula is C18H16N4O3. The van der Waals surface area contributed by atoms with Crippen molar-refractivity contribution < 1.29 is 14.1 Å². The summed E-state index contributed by atoms with van der Waals surface area (Å²) in [5, 5.41) is 3.95. The second-order valence-corrected chi connectivity index (χ2v) is 5.69. The third kappa shape index (κ3) is 2.96. The molecule has 0 spiro atoms. The van der Waals surface area contributed by atoms with Crippen LogP contribution in [0.2, 0.25) is 0 Å². The highest BCUT2D eigenvalue weighted by atomic mass is 16.5. The molecule has 0 N–H and O–H groups in total. The molecule has 4 rings (SSSR count). The Morgan fingerprint density at radius 2 is 2.00 bits per heavy atom. The predicted octanol–water partition coefficient (Wildman–Crippen LogP) is 2.49. The molecule has 1 aliphatic heterocycles. The van der Waals surface area contributed by atoms with E-state index in [2.05, 4.69) is 15.1 Å². The minimum Gasteiger partial charge on any atom is -0.479 e. The molecule has 0 bridgehead atoms. The van der Waals surface area contributed by atoms with E-state index in [1.54, 1.807) is 18.0 Å². The van der Waals surface area contributed by atoms with Crippen LogP contribution in [0, 0.1) is 0 Å².